The molecule has 50 valence electrons. The van der Waals surface area contributed by atoms with E-state index >= 15 is 0 Å². The Labute approximate surface area is 61.4 Å². The average molecular weight is 155 g/mol. The van der Waals surface area contributed by atoms with Gasteiger partial charge in [0, 0.05) is 6.54 Å². The third kappa shape index (κ3) is 9.46. The maximum absolute atomic E-state index is 5.18. The largest absolute Gasteiger partial charge is 0.392 e. The van der Waals surface area contributed by atoms with E-state index in [4.69, 9.17) is 5.73 Å². The van der Waals surface area contributed by atoms with Gasteiger partial charge in [-0.3, -0.25) is 0 Å². The molecule has 4 heteroatoms. The summed E-state index contributed by atoms with van der Waals surface area (Å²) in [5.74, 6) is 0. The zero-order valence-corrected chi connectivity index (χ0v) is 6.68. The summed E-state index contributed by atoms with van der Waals surface area (Å²) in [7, 11) is 3.86. The van der Waals surface area contributed by atoms with Crippen molar-refractivity contribution in [2.24, 2.45) is 5.73 Å². The smallest absolute Gasteiger partial charge is 0.0869 e. The van der Waals surface area contributed by atoms with Gasteiger partial charge in [0.1, 0.15) is 0 Å². The molecule has 2 nitrogen and oxygen atoms in total. The second kappa shape index (κ2) is 5.28. The first-order chi connectivity index (χ1) is 3.13. The number of nitrogens with zero attached hydrogens (tertiary/aromatic N) is 1. The van der Waals surface area contributed by atoms with Gasteiger partial charge in [-0.1, -0.05) is 12.2 Å². The van der Waals surface area contributed by atoms with E-state index in [2.05, 4.69) is 12.2 Å². The van der Waals surface area contributed by atoms with Crippen molar-refractivity contribution in [3.05, 3.63) is 0 Å². The van der Waals surface area contributed by atoms with E-state index < -0.39 is 0 Å². The Hall–Kier alpha value is 0.140. The number of likely N-dealkylation sites (N-methyl/N-ethyl adjacent to an activating group) is 1. The molecule has 0 aliphatic heterocycles. The van der Waals surface area contributed by atoms with Crippen LogP contribution in [-0.2, 0) is 0 Å². The number of rotatable bonds is 2. The van der Waals surface area contributed by atoms with Crippen LogP contribution in [0.1, 0.15) is 0 Å². The fourth-order valence-electron chi connectivity index (χ4n) is 0.312. The third-order valence-electron chi connectivity index (χ3n) is 0.472. The fraction of sp³-hybridized carbons (Fsp3) is 0.750. The van der Waals surface area contributed by atoms with Crippen molar-refractivity contribution in [2.75, 3.05) is 20.6 Å². The highest BCUT2D eigenvalue weighted by Gasteiger charge is 1.87. The Kier molecular flexibility index (Phi) is 7.26. The highest BCUT2D eigenvalue weighted by atomic mass is 35.5. The summed E-state index contributed by atoms with van der Waals surface area (Å²) in [6.07, 6.45) is 0. The van der Waals surface area contributed by atoms with Gasteiger partial charge in [0.2, 0.25) is 0 Å². The first-order valence-corrected chi connectivity index (χ1v) is 2.47. The van der Waals surface area contributed by atoms with Crippen LogP contribution in [0.3, 0.4) is 0 Å². The number of halogens is 1. The van der Waals surface area contributed by atoms with Crippen molar-refractivity contribution in [2.45, 2.75) is 0 Å². The monoisotopic (exact) mass is 154 g/mol. The molecule has 0 spiro atoms. The molecule has 0 atom stereocenters. The standard InChI is InChI=1S/C4H10N2S.ClH/c1-6(2)3-4(5)7;/h3H2,1-2H3,(H2,5,7);1H. The average Bonchev–Trinajstić information content (AvgIpc) is 1.27. The van der Waals surface area contributed by atoms with Gasteiger partial charge in [-0.25, -0.2) is 0 Å². The van der Waals surface area contributed by atoms with Crippen LogP contribution in [0.2, 0.25) is 0 Å². The van der Waals surface area contributed by atoms with E-state index in [0.29, 0.717) is 11.5 Å². The fourth-order valence-corrected chi connectivity index (χ4v) is 0.570. The van der Waals surface area contributed by atoms with Gasteiger partial charge in [-0.2, -0.15) is 0 Å². The zero-order chi connectivity index (χ0) is 5.86. The van der Waals surface area contributed by atoms with E-state index in [0.717, 1.165) is 0 Å². The molecule has 0 amide bonds. The Morgan fingerprint density at radius 3 is 2.00 bits per heavy atom. The van der Waals surface area contributed by atoms with Crippen LogP contribution in [0.15, 0.2) is 0 Å². The normalized spacial score (nSPS) is 8.38. The lowest BCUT2D eigenvalue weighted by atomic mass is 10.6. The Bertz CT molecular complexity index is 74.4. The van der Waals surface area contributed by atoms with Crippen LogP contribution >= 0.6 is 24.6 Å². The van der Waals surface area contributed by atoms with Crippen molar-refractivity contribution in [1.82, 2.24) is 4.90 Å². The molecule has 0 heterocycles. The molecule has 0 aromatic carbocycles. The first-order valence-electron chi connectivity index (χ1n) is 2.06. The van der Waals surface area contributed by atoms with E-state index in [1.54, 1.807) is 0 Å². The molecule has 0 saturated heterocycles. The molecule has 0 aliphatic carbocycles. The molecule has 0 fully saturated rings. The van der Waals surface area contributed by atoms with Gasteiger partial charge in [-0.15, -0.1) is 12.4 Å². The summed E-state index contributed by atoms with van der Waals surface area (Å²) < 4.78 is 0. The molecule has 0 rings (SSSR count). The summed E-state index contributed by atoms with van der Waals surface area (Å²) in [4.78, 5) is 2.48. The highest BCUT2D eigenvalue weighted by molar-refractivity contribution is 7.80. The summed E-state index contributed by atoms with van der Waals surface area (Å²) >= 11 is 4.61. The summed E-state index contributed by atoms with van der Waals surface area (Å²) in [6, 6.07) is 0. The molecule has 0 saturated carbocycles. The van der Waals surface area contributed by atoms with Crippen molar-refractivity contribution in [3.8, 4) is 0 Å². The molecular weight excluding hydrogens is 144 g/mol. The van der Waals surface area contributed by atoms with Crippen LogP contribution in [0, 0.1) is 0 Å². The van der Waals surface area contributed by atoms with Crippen LogP contribution < -0.4 is 5.73 Å². The molecule has 0 bridgehead atoms. The topological polar surface area (TPSA) is 29.3 Å². The summed E-state index contributed by atoms with van der Waals surface area (Å²) in [5.41, 5.74) is 5.18. The second-order valence-corrected chi connectivity index (χ2v) is 2.23. The second-order valence-electron chi connectivity index (χ2n) is 1.70. The van der Waals surface area contributed by atoms with E-state index in [1.807, 2.05) is 19.0 Å². The molecule has 0 aromatic heterocycles. The lowest BCUT2D eigenvalue weighted by molar-refractivity contribution is 0.471. The maximum Gasteiger partial charge on any atom is 0.0869 e. The van der Waals surface area contributed by atoms with Crippen LogP contribution in [0.25, 0.3) is 0 Å². The van der Waals surface area contributed by atoms with E-state index in [1.165, 1.54) is 0 Å². The van der Waals surface area contributed by atoms with Gasteiger partial charge >= 0.3 is 0 Å². The van der Waals surface area contributed by atoms with Gasteiger partial charge in [0.25, 0.3) is 0 Å². The van der Waals surface area contributed by atoms with E-state index in [-0.39, 0.29) is 12.4 Å². The Morgan fingerprint density at radius 2 is 2.00 bits per heavy atom. The number of hydrogen-bond acceptors (Lipinski definition) is 2. The Balaban J connectivity index is 0. The molecule has 8 heavy (non-hydrogen) atoms. The Morgan fingerprint density at radius 1 is 1.62 bits per heavy atom. The quantitative estimate of drug-likeness (QED) is 0.579. The predicted octanol–water partition coefficient (Wildman–Crippen LogP) is 0.256. The molecule has 2 N–H and O–H groups in total. The number of nitrogens with two attached hydrogens (primary N) is 1. The molecule has 0 aromatic rings. The van der Waals surface area contributed by atoms with E-state index in [9.17, 15) is 0 Å². The van der Waals surface area contributed by atoms with Crippen LogP contribution in [0.5, 0.6) is 0 Å². The third-order valence-corrected chi connectivity index (χ3v) is 0.601. The van der Waals surface area contributed by atoms with Crippen LogP contribution in [-0.4, -0.2) is 30.5 Å². The summed E-state index contributed by atoms with van der Waals surface area (Å²) in [5, 5.41) is 0. The molecule has 0 aliphatic rings. The zero-order valence-electron chi connectivity index (χ0n) is 5.05. The highest BCUT2D eigenvalue weighted by Crippen LogP contribution is 1.71. The van der Waals surface area contributed by atoms with Gasteiger partial charge < -0.3 is 10.6 Å². The van der Waals surface area contributed by atoms with Crippen LogP contribution in [0.4, 0.5) is 0 Å². The lowest BCUT2D eigenvalue weighted by Crippen LogP contribution is -2.25. The SMILES string of the molecule is CN(C)CC(N)=S.Cl. The summed E-state index contributed by atoms with van der Waals surface area (Å²) in [6.45, 7) is 0.704. The predicted molar refractivity (Wildman–Crippen MR) is 42.6 cm³/mol. The maximum atomic E-state index is 5.18. The lowest BCUT2D eigenvalue weighted by Gasteiger charge is -2.05. The van der Waals surface area contributed by atoms with Crippen molar-refractivity contribution < 1.29 is 0 Å². The van der Waals surface area contributed by atoms with Crippen molar-refractivity contribution in [1.29, 1.82) is 0 Å². The molecule has 0 radical (unpaired) electrons. The van der Waals surface area contributed by atoms with Crippen molar-refractivity contribution >= 4 is 29.6 Å². The van der Waals surface area contributed by atoms with Gasteiger partial charge in [0.05, 0.1) is 4.99 Å². The van der Waals surface area contributed by atoms with Crippen molar-refractivity contribution in [3.63, 3.8) is 0 Å². The van der Waals surface area contributed by atoms with Gasteiger partial charge in [-0.05, 0) is 14.1 Å². The van der Waals surface area contributed by atoms with Gasteiger partial charge in [0.15, 0.2) is 0 Å². The number of thiocarbonyl (C=S) groups is 1. The first kappa shape index (κ1) is 11.0. The minimum Gasteiger partial charge on any atom is -0.392 e. The molecular formula is C4H11ClN2S. The molecule has 0 unspecified atom stereocenters. The minimum atomic E-state index is 0. The minimum absolute atomic E-state index is 0. The number of hydrogen-bond donors (Lipinski definition) is 1.